The Kier molecular flexibility index (Phi) is 5.31. The Bertz CT molecular complexity index is 338. The maximum absolute atomic E-state index is 11.8. The number of hydrogen-bond acceptors (Lipinski definition) is 4. The van der Waals surface area contributed by atoms with Crippen LogP contribution in [-0.2, 0) is 19.1 Å². The fourth-order valence-corrected chi connectivity index (χ4v) is 1.87. The van der Waals surface area contributed by atoms with Gasteiger partial charge in [-0.1, -0.05) is 20.8 Å². The summed E-state index contributed by atoms with van der Waals surface area (Å²) >= 11 is 0. The SMILES string of the molecule is CCC1CC(=O)N(CCCOC(=O)C(C)C)C1=O. The molecule has 5 heteroatoms. The normalized spacial score (nSPS) is 19.8. The van der Waals surface area contributed by atoms with Crippen LogP contribution in [0.4, 0.5) is 0 Å². The second-order valence-corrected chi connectivity index (χ2v) is 4.87. The van der Waals surface area contributed by atoms with Crippen LogP contribution in [0.5, 0.6) is 0 Å². The molecule has 1 atom stereocenters. The minimum Gasteiger partial charge on any atom is -0.465 e. The van der Waals surface area contributed by atoms with Crippen molar-refractivity contribution in [1.82, 2.24) is 4.90 Å². The van der Waals surface area contributed by atoms with Crippen LogP contribution in [0.3, 0.4) is 0 Å². The van der Waals surface area contributed by atoms with Crippen LogP contribution >= 0.6 is 0 Å². The fourth-order valence-electron chi connectivity index (χ4n) is 1.87. The van der Waals surface area contributed by atoms with Gasteiger partial charge in [0.05, 0.1) is 12.5 Å². The third-order valence-corrected chi connectivity index (χ3v) is 3.07. The summed E-state index contributed by atoms with van der Waals surface area (Å²) in [7, 11) is 0. The van der Waals surface area contributed by atoms with Crippen molar-refractivity contribution in [2.45, 2.75) is 40.0 Å². The standard InChI is InChI=1S/C13H21NO4/c1-4-10-8-11(15)14(12(10)16)6-5-7-18-13(17)9(2)3/h9-10H,4-8H2,1-3H3. The van der Waals surface area contributed by atoms with E-state index in [-0.39, 0.29) is 36.2 Å². The average molecular weight is 255 g/mol. The smallest absolute Gasteiger partial charge is 0.308 e. The summed E-state index contributed by atoms with van der Waals surface area (Å²) in [5.74, 6) is -0.750. The molecule has 102 valence electrons. The van der Waals surface area contributed by atoms with E-state index >= 15 is 0 Å². The molecule has 5 nitrogen and oxygen atoms in total. The number of amides is 2. The summed E-state index contributed by atoms with van der Waals surface area (Å²) in [5.41, 5.74) is 0. The molecule has 0 radical (unpaired) electrons. The summed E-state index contributed by atoms with van der Waals surface area (Å²) in [4.78, 5) is 35.9. The molecule has 1 fully saturated rings. The molecule has 0 saturated carbocycles. The number of imide groups is 1. The van der Waals surface area contributed by atoms with Gasteiger partial charge in [-0.05, 0) is 12.8 Å². The fraction of sp³-hybridized carbons (Fsp3) is 0.769. The largest absolute Gasteiger partial charge is 0.465 e. The average Bonchev–Trinajstić information content (AvgIpc) is 2.60. The van der Waals surface area contributed by atoms with Gasteiger partial charge in [-0.25, -0.2) is 0 Å². The molecule has 1 unspecified atom stereocenters. The van der Waals surface area contributed by atoms with E-state index in [1.165, 1.54) is 4.90 Å². The van der Waals surface area contributed by atoms with Crippen LogP contribution in [0, 0.1) is 11.8 Å². The third-order valence-electron chi connectivity index (χ3n) is 3.07. The molecule has 0 aromatic heterocycles. The van der Waals surface area contributed by atoms with Crippen molar-refractivity contribution in [1.29, 1.82) is 0 Å². The van der Waals surface area contributed by atoms with E-state index in [0.717, 1.165) is 0 Å². The molecule has 0 N–H and O–H groups in total. The van der Waals surface area contributed by atoms with Gasteiger partial charge < -0.3 is 4.74 Å². The molecule has 1 rings (SSSR count). The van der Waals surface area contributed by atoms with Gasteiger partial charge in [-0.3, -0.25) is 19.3 Å². The van der Waals surface area contributed by atoms with Crippen molar-refractivity contribution in [2.75, 3.05) is 13.2 Å². The lowest BCUT2D eigenvalue weighted by molar-refractivity contribution is -0.147. The molecule has 1 heterocycles. The lowest BCUT2D eigenvalue weighted by Gasteiger charge is -2.14. The molecule has 1 saturated heterocycles. The first-order chi connectivity index (χ1) is 8.47. The number of ether oxygens (including phenoxy) is 1. The van der Waals surface area contributed by atoms with Crippen LogP contribution in [0.25, 0.3) is 0 Å². The second-order valence-electron chi connectivity index (χ2n) is 4.87. The van der Waals surface area contributed by atoms with Gasteiger partial charge in [0.25, 0.3) is 0 Å². The Balaban J connectivity index is 2.30. The van der Waals surface area contributed by atoms with Gasteiger partial charge in [0.1, 0.15) is 0 Å². The molecule has 0 aliphatic carbocycles. The summed E-state index contributed by atoms with van der Waals surface area (Å²) in [6, 6.07) is 0. The lowest BCUT2D eigenvalue weighted by atomic mass is 10.1. The zero-order chi connectivity index (χ0) is 13.7. The first-order valence-corrected chi connectivity index (χ1v) is 6.48. The van der Waals surface area contributed by atoms with Crippen molar-refractivity contribution in [3.63, 3.8) is 0 Å². The number of hydrogen-bond donors (Lipinski definition) is 0. The van der Waals surface area contributed by atoms with Crippen LogP contribution in [-0.4, -0.2) is 35.8 Å². The molecule has 1 aliphatic rings. The molecule has 2 amide bonds. The van der Waals surface area contributed by atoms with Crippen LogP contribution < -0.4 is 0 Å². The highest BCUT2D eigenvalue weighted by Gasteiger charge is 2.36. The minimum absolute atomic E-state index is 0.0855. The van der Waals surface area contributed by atoms with E-state index in [1.54, 1.807) is 13.8 Å². The quantitative estimate of drug-likeness (QED) is 0.408. The maximum atomic E-state index is 11.8. The topological polar surface area (TPSA) is 63.7 Å². The van der Waals surface area contributed by atoms with Crippen molar-refractivity contribution in [2.24, 2.45) is 11.8 Å². The van der Waals surface area contributed by atoms with Gasteiger partial charge in [0.2, 0.25) is 11.8 Å². The molecule has 0 bridgehead atoms. The summed E-state index contributed by atoms with van der Waals surface area (Å²) in [6.45, 7) is 6.04. The lowest BCUT2D eigenvalue weighted by Crippen LogP contribution is -2.32. The monoisotopic (exact) mass is 255 g/mol. The van der Waals surface area contributed by atoms with E-state index in [2.05, 4.69) is 0 Å². The van der Waals surface area contributed by atoms with Crippen molar-refractivity contribution >= 4 is 17.8 Å². The third kappa shape index (κ3) is 3.55. The zero-order valence-electron chi connectivity index (χ0n) is 11.3. The van der Waals surface area contributed by atoms with Crippen molar-refractivity contribution < 1.29 is 19.1 Å². The molecule has 0 aromatic rings. The molecule has 0 spiro atoms. The Morgan fingerprint density at radius 3 is 2.61 bits per heavy atom. The minimum atomic E-state index is -0.250. The Hall–Kier alpha value is -1.39. The maximum Gasteiger partial charge on any atom is 0.308 e. The predicted molar refractivity (Wildman–Crippen MR) is 65.5 cm³/mol. The highest BCUT2D eigenvalue weighted by molar-refractivity contribution is 6.03. The van der Waals surface area contributed by atoms with E-state index in [1.807, 2.05) is 6.92 Å². The van der Waals surface area contributed by atoms with Gasteiger partial charge in [-0.2, -0.15) is 0 Å². The molecule has 0 aromatic carbocycles. The highest BCUT2D eigenvalue weighted by Crippen LogP contribution is 2.22. The second kappa shape index (κ2) is 6.52. The van der Waals surface area contributed by atoms with Crippen molar-refractivity contribution in [3.8, 4) is 0 Å². The molecule has 18 heavy (non-hydrogen) atoms. The number of nitrogens with zero attached hydrogens (tertiary/aromatic N) is 1. The first-order valence-electron chi connectivity index (χ1n) is 6.48. The van der Waals surface area contributed by atoms with E-state index < -0.39 is 0 Å². The van der Waals surface area contributed by atoms with Crippen LogP contribution in [0.2, 0.25) is 0 Å². The zero-order valence-corrected chi connectivity index (χ0v) is 11.3. The molecule has 1 aliphatic heterocycles. The first kappa shape index (κ1) is 14.7. The highest BCUT2D eigenvalue weighted by atomic mass is 16.5. The molecular formula is C13H21NO4. The number of esters is 1. The number of carbonyl (C=O) groups excluding carboxylic acids is 3. The Morgan fingerprint density at radius 2 is 2.11 bits per heavy atom. The van der Waals surface area contributed by atoms with Gasteiger partial charge in [-0.15, -0.1) is 0 Å². The van der Waals surface area contributed by atoms with E-state index in [4.69, 9.17) is 4.74 Å². The van der Waals surface area contributed by atoms with E-state index in [9.17, 15) is 14.4 Å². The Labute approximate surface area is 107 Å². The number of carbonyl (C=O) groups is 3. The van der Waals surface area contributed by atoms with E-state index in [0.29, 0.717) is 25.8 Å². The van der Waals surface area contributed by atoms with Crippen LogP contribution in [0.1, 0.15) is 40.0 Å². The predicted octanol–water partition coefficient (Wildman–Crippen LogP) is 1.36. The summed E-state index contributed by atoms with van der Waals surface area (Å²) in [6.07, 6.45) is 1.52. The van der Waals surface area contributed by atoms with Gasteiger partial charge in [0.15, 0.2) is 0 Å². The summed E-state index contributed by atoms with van der Waals surface area (Å²) < 4.78 is 5.00. The molecular weight excluding hydrogens is 234 g/mol. The van der Waals surface area contributed by atoms with Crippen LogP contribution in [0.15, 0.2) is 0 Å². The Morgan fingerprint density at radius 1 is 1.44 bits per heavy atom. The summed E-state index contributed by atoms with van der Waals surface area (Å²) in [5, 5.41) is 0. The number of likely N-dealkylation sites (tertiary alicyclic amines) is 1. The van der Waals surface area contributed by atoms with Crippen molar-refractivity contribution in [3.05, 3.63) is 0 Å². The van der Waals surface area contributed by atoms with Gasteiger partial charge in [0, 0.05) is 18.9 Å². The van der Waals surface area contributed by atoms with Gasteiger partial charge >= 0.3 is 5.97 Å². The number of rotatable bonds is 6.